The Morgan fingerprint density at radius 3 is 1.14 bits per heavy atom. The first-order valence-corrected chi connectivity index (χ1v) is 24.2. The smallest absolute Gasteiger partial charge is 0.177 e. The van der Waals surface area contributed by atoms with Gasteiger partial charge in [0.2, 0.25) is 0 Å². The van der Waals surface area contributed by atoms with E-state index in [-0.39, 0.29) is 0 Å². The molecule has 0 bridgehead atoms. The summed E-state index contributed by atoms with van der Waals surface area (Å²) in [7, 11) is -6.31. The molecule has 160 valence electrons. The van der Waals surface area contributed by atoms with Crippen LogP contribution in [0.4, 0.5) is 0 Å². The van der Waals surface area contributed by atoms with E-state index in [0.29, 0.717) is 0 Å². The van der Waals surface area contributed by atoms with Gasteiger partial charge in [-0.3, -0.25) is 0 Å². The van der Waals surface area contributed by atoms with Gasteiger partial charge in [0.05, 0.1) is 16.1 Å². The third-order valence-electron chi connectivity index (χ3n) is 5.44. The Balaban J connectivity index is 2.23. The van der Waals surface area contributed by atoms with Crippen molar-refractivity contribution in [2.45, 2.75) is 77.6 Å². The summed E-state index contributed by atoms with van der Waals surface area (Å²) < 4.78 is 7.08. The Kier molecular flexibility index (Phi) is 7.44. The second kappa shape index (κ2) is 8.79. The molecule has 0 radical (unpaired) electrons. The van der Waals surface area contributed by atoms with E-state index in [9.17, 15) is 0 Å². The van der Waals surface area contributed by atoms with Gasteiger partial charge in [-0.05, 0) is 49.4 Å². The van der Waals surface area contributed by atoms with Gasteiger partial charge in [0.1, 0.15) is 0 Å². The molecule has 2 aromatic carbocycles. The van der Waals surface area contributed by atoms with Crippen molar-refractivity contribution < 1.29 is 4.12 Å². The predicted molar refractivity (Wildman–Crippen MR) is 142 cm³/mol. The van der Waals surface area contributed by atoms with E-state index < -0.39 is 32.8 Å². The van der Waals surface area contributed by atoms with Gasteiger partial charge in [0, 0.05) is 0 Å². The fraction of sp³-hybridized carbons (Fsp3) is 0.500. The lowest BCUT2D eigenvalue weighted by Crippen LogP contribution is -2.51. The van der Waals surface area contributed by atoms with Crippen LogP contribution in [0.2, 0.25) is 65.5 Å². The molecule has 0 fully saturated rings. The van der Waals surface area contributed by atoms with E-state index in [0.717, 1.165) is 12.1 Å². The van der Waals surface area contributed by atoms with E-state index in [2.05, 4.69) is 114 Å². The SMILES string of the molecule is C[Si](C)(Cc1ccccc1[Si](C)(C)C)O[Si](C)(C)Cc1ccccc1[Si](C)(C)C. The van der Waals surface area contributed by atoms with Crippen LogP contribution in [0, 0.1) is 0 Å². The van der Waals surface area contributed by atoms with Gasteiger partial charge >= 0.3 is 0 Å². The Morgan fingerprint density at radius 1 is 0.517 bits per heavy atom. The highest BCUT2D eigenvalue weighted by Crippen LogP contribution is 2.23. The molecule has 0 saturated carbocycles. The van der Waals surface area contributed by atoms with E-state index in [1.807, 2.05) is 0 Å². The first-order chi connectivity index (χ1) is 13.1. The van der Waals surface area contributed by atoms with Gasteiger partial charge in [-0.15, -0.1) is 0 Å². The quantitative estimate of drug-likeness (QED) is 0.436. The first-order valence-electron chi connectivity index (χ1n) is 11.0. The van der Waals surface area contributed by atoms with Gasteiger partial charge in [-0.2, -0.15) is 0 Å². The Hall–Kier alpha value is -0.732. The van der Waals surface area contributed by atoms with Crippen molar-refractivity contribution in [3.8, 4) is 0 Å². The largest absolute Gasteiger partial charge is 0.455 e. The number of hydrogen-bond donors (Lipinski definition) is 0. The lowest BCUT2D eigenvalue weighted by atomic mass is 10.2. The molecule has 0 aromatic heterocycles. The van der Waals surface area contributed by atoms with Crippen LogP contribution < -0.4 is 10.4 Å². The van der Waals surface area contributed by atoms with Crippen LogP contribution in [0.15, 0.2) is 48.5 Å². The van der Waals surface area contributed by atoms with E-state index in [4.69, 9.17) is 4.12 Å². The molecular formula is C24H42OSi4. The van der Waals surface area contributed by atoms with Crippen molar-refractivity contribution in [1.82, 2.24) is 0 Å². The molecule has 2 rings (SSSR count). The molecular weight excluding hydrogens is 417 g/mol. The second-order valence-corrected chi connectivity index (χ2v) is 30.4. The molecule has 0 aliphatic carbocycles. The van der Waals surface area contributed by atoms with Crippen molar-refractivity contribution in [1.29, 1.82) is 0 Å². The zero-order valence-electron chi connectivity index (χ0n) is 20.4. The highest BCUT2D eigenvalue weighted by Gasteiger charge is 2.35. The minimum absolute atomic E-state index is 1.12. The molecule has 0 spiro atoms. The summed E-state index contributed by atoms with van der Waals surface area (Å²) in [5.74, 6) is 0. The zero-order valence-corrected chi connectivity index (χ0v) is 24.4. The topological polar surface area (TPSA) is 9.23 Å². The highest BCUT2D eigenvalue weighted by atomic mass is 28.4. The van der Waals surface area contributed by atoms with Gasteiger partial charge in [-0.25, -0.2) is 0 Å². The third-order valence-corrected chi connectivity index (χ3v) is 16.5. The van der Waals surface area contributed by atoms with Crippen molar-refractivity contribution in [3.05, 3.63) is 59.7 Å². The maximum absolute atomic E-state index is 7.08. The monoisotopic (exact) mass is 458 g/mol. The zero-order chi connectivity index (χ0) is 22.1. The average molecular weight is 459 g/mol. The van der Waals surface area contributed by atoms with Gasteiger partial charge in [0.25, 0.3) is 0 Å². The van der Waals surface area contributed by atoms with Crippen LogP contribution in [0.5, 0.6) is 0 Å². The predicted octanol–water partition coefficient (Wildman–Crippen LogP) is 6.07. The fourth-order valence-electron chi connectivity index (χ4n) is 4.55. The van der Waals surface area contributed by atoms with Gasteiger partial charge in [0.15, 0.2) is 16.6 Å². The maximum atomic E-state index is 7.08. The van der Waals surface area contributed by atoms with Crippen molar-refractivity contribution in [2.75, 3.05) is 0 Å². The Morgan fingerprint density at radius 2 is 0.828 bits per heavy atom. The van der Waals surface area contributed by atoms with Crippen LogP contribution >= 0.6 is 0 Å². The minimum Gasteiger partial charge on any atom is -0.455 e. The highest BCUT2D eigenvalue weighted by molar-refractivity contribution is 6.90. The van der Waals surface area contributed by atoms with E-state index in [1.54, 1.807) is 10.4 Å². The summed E-state index contributed by atoms with van der Waals surface area (Å²) in [4.78, 5) is 0. The standard InChI is InChI=1S/C24H42OSi4/c1-26(2,3)23-17-13-11-15-21(23)19-28(7,8)25-29(9,10)20-22-16-12-14-18-24(22)27(4,5)6/h11-18H,19-20H2,1-10H3. The summed E-state index contributed by atoms with van der Waals surface area (Å²) in [5.41, 5.74) is 3.08. The number of rotatable bonds is 8. The summed E-state index contributed by atoms with van der Waals surface area (Å²) in [5, 5.41) is 3.21. The van der Waals surface area contributed by atoms with Crippen molar-refractivity contribution in [3.63, 3.8) is 0 Å². The van der Waals surface area contributed by atoms with E-state index in [1.165, 1.54) is 11.1 Å². The van der Waals surface area contributed by atoms with E-state index >= 15 is 0 Å². The molecule has 0 aliphatic rings. The van der Waals surface area contributed by atoms with Gasteiger partial charge in [-0.1, -0.05) is 98.2 Å². The molecule has 1 nitrogen and oxygen atoms in total. The molecule has 0 heterocycles. The molecule has 2 aromatic rings. The first kappa shape index (κ1) is 24.5. The Labute approximate surface area is 184 Å². The molecule has 0 N–H and O–H groups in total. The summed E-state index contributed by atoms with van der Waals surface area (Å²) in [6.45, 7) is 24.4. The average Bonchev–Trinajstić information content (AvgIpc) is 2.51. The second-order valence-electron chi connectivity index (χ2n) is 11.8. The van der Waals surface area contributed by atoms with Crippen LogP contribution in [-0.2, 0) is 16.2 Å². The normalized spacial score (nSPS) is 13.6. The molecule has 0 unspecified atom stereocenters. The lowest BCUT2D eigenvalue weighted by molar-refractivity contribution is 0.538. The van der Waals surface area contributed by atoms with Crippen molar-refractivity contribution >= 4 is 43.2 Å². The molecule has 0 saturated heterocycles. The summed E-state index contributed by atoms with van der Waals surface area (Å²) in [6.07, 6.45) is 0. The molecule has 0 aliphatic heterocycles. The molecule has 5 heteroatoms. The number of benzene rings is 2. The van der Waals surface area contributed by atoms with Crippen LogP contribution in [-0.4, -0.2) is 32.8 Å². The van der Waals surface area contributed by atoms with Gasteiger partial charge < -0.3 is 4.12 Å². The molecule has 0 atom stereocenters. The minimum atomic E-state index is -1.81. The van der Waals surface area contributed by atoms with Crippen molar-refractivity contribution in [2.24, 2.45) is 0 Å². The van der Waals surface area contributed by atoms with Crippen LogP contribution in [0.3, 0.4) is 0 Å². The van der Waals surface area contributed by atoms with Crippen LogP contribution in [0.1, 0.15) is 11.1 Å². The molecule has 29 heavy (non-hydrogen) atoms. The lowest BCUT2D eigenvalue weighted by Gasteiger charge is -2.36. The molecule has 0 amide bonds. The third kappa shape index (κ3) is 7.17. The Bertz CT molecular complexity index is 760. The fourth-order valence-corrected chi connectivity index (χ4v) is 17.4. The number of hydrogen-bond acceptors (Lipinski definition) is 1. The maximum Gasteiger partial charge on any atom is 0.177 e. The van der Waals surface area contributed by atoms with Crippen LogP contribution in [0.25, 0.3) is 0 Å². The summed E-state index contributed by atoms with van der Waals surface area (Å²) >= 11 is 0. The summed E-state index contributed by atoms with van der Waals surface area (Å²) in [6, 6.07) is 20.5.